The number of rotatable bonds is 7. The maximum absolute atomic E-state index is 12.7. The van der Waals surface area contributed by atoms with Crippen LogP contribution < -0.4 is 14.8 Å². The molecule has 0 bridgehead atoms. The molecule has 132 valence electrons. The molecule has 1 unspecified atom stereocenters. The number of benzene rings is 2. The SMILES string of the molecule is COc1cccc(C(=O)NCC(O)(c2ccccc2)C2CC2)c1OC. The molecule has 1 aliphatic rings. The van der Waals surface area contributed by atoms with Crippen LogP contribution in [0.25, 0.3) is 0 Å². The van der Waals surface area contributed by atoms with Gasteiger partial charge in [-0.2, -0.15) is 0 Å². The molecule has 5 heteroatoms. The van der Waals surface area contributed by atoms with Crippen molar-refractivity contribution in [3.8, 4) is 11.5 Å². The largest absolute Gasteiger partial charge is 0.493 e. The van der Waals surface area contributed by atoms with Crippen LogP contribution in [0.2, 0.25) is 0 Å². The van der Waals surface area contributed by atoms with E-state index in [0.717, 1.165) is 18.4 Å². The summed E-state index contributed by atoms with van der Waals surface area (Å²) in [6, 6.07) is 14.7. The molecule has 2 aromatic rings. The molecule has 1 amide bonds. The minimum atomic E-state index is -1.05. The van der Waals surface area contributed by atoms with E-state index in [1.54, 1.807) is 18.2 Å². The molecule has 1 atom stereocenters. The van der Waals surface area contributed by atoms with Crippen molar-refractivity contribution in [2.24, 2.45) is 5.92 Å². The van der Waals surface area contributed by atoms with Crippen LogP contribution in [0, 0.1) is 5.92 Å². The lowest BCUT2D eigenvalue weighted by molar-refractivity contribution is 0.0135. The van der Waals surface area contributed by atoms with Gasteiger partial charge in [0.05, 0.1) is 26.3 Å². The Hall–Kier alpha value is -2.53. The molecule has 3 rings (SSSR count). The van der Waals surface area contributed by atoms with Crippen molar-refractivity contribution in [1.82, 2.24) is 5.32 Å². The predicted octanol–water partition coefficient (Wildman–Crippen LogP) is 2.73. The number of methoxy groups -OCH3 is 2. The van der Waals surface area contributed by atoms with Gasteiger partial charge in [-0.1, -0.05) is 36.4 Å². The van der Waals surface area contributed by atoms with Crippen molar-refractivity contribution in [3.63, 3.8) is 0 Å². The summed E-state index contributed by atoms with van der Waals surface area (Å²) in [7, 11) is 3.03. The first-order chi connectivity index (χ1) is 12.1. The van der Waals surface area contributed by atoms with Crippen molar-refractivity contribution in [3.05, 3.63) is 59.7 Å². The first-order valence-corrected chi connectivity index (χ1v) is 8.37. The van der Waals surface area contributed by atoms with Crippen molar-refractivity contribution in [2.75, 3.05) is 20.8 Å². The smallest absolute Gasteiger partial charge is 0.255 e. The van der Waals surface area contributed by atoms with Crippen molar-refractivity contribution in [2.45, 2.75) is 18.4 Å². The van der Waals surface area contributed by atoms with Gasteiger partial charge in [0.15, 0.2) is 11.5 Å². The average molecular weight is 341 g/mol. The maximum atomic E-state index is 12.7. The van der Waals surface area contributed by atoms with Gasteiger partial charge in [0.25, 0.3) is 5.91 Å². The number of amides is 1. The minimum Gasteiger partial charge on any atom is -0.493 e. The molecule has 0 spiro atoms. The molecule has 0 heterocycles. The third kappa shape index (κ3) is 3.46. The van der Waals surface area contributed by atoms with Crippen LogP contribution in [0.1, 0.15) is 28.8 Å². The lowest BCUT2D eigenvalue weighted by atomic mass is 9.88. The second kappa shape index (κ2) is 7.15. The monoisotopic (exact) mass is 341 g/mol. The molecule has 5 nitrogen and oxygen atoms in total. The predicted molar refractivity (Wildman–Crippen MR) is 94.9 cm³/mol. The number of carbonyl (C=O) groups excluding carboxylic acids is 1. The summed E-state index contributed by atoms with van der Waals surface area (Å²) in [4.78, 5) is 12.7. The third-order valence-electron chi connectivity index (χ3n) is 4.69. The Morgan fingerprint density at radius 2 is 1.84 bits per heavy atom. The van der Waals surface area contributed by atoms with E-state index >= 15 is 0 Å². The Labute approximate surface area is 147 Å². The van der Waals surface area contributed by atoms with Gasteiger partial charge in [-0.25, -0.2) is 0 Å². The molecule has 0 aromatic heterocycles. The molecule has 2 N–H and O–H groups in total. The highest BCUT2D eigenvalue weighted by Gasteiger charge is 2.45. The van der Waals surface area contributed by atoms with Crippen LogP contribution >= 0.6 is 0 Å². The summed E-state index contributed by atoms with van der Waals surface area (Å²) in [5, 5.41) is 14.0. The molecule has 0 aliphatic heterocycles. The first kappa shape index (κ1) is 17.3. The van der Waals surface area contributed by atoms with Crippen LogP contribution in [0.15, 0.2) is 48.5 Å². The van der Waals surface area contributed by atoms with Crippen molar-refractivity contribution < 1.29 is 19.4 Å². The van der Waals surface area contributed by atoms with Gasteiger partial charge in [0.2, 0.25) is 0 Å². The van der Waals surface area contributed by atoms with E-state index in [1.807, 2.05) is 30.3 Å². The molecular formula is C20H23NO4. The second-order valence-corrected chi connectivity index (χ2v) is 6.29. The molecule has 0 saturated heterocycles. The standard InChI is InChI=1S/C20H23NO4/c1-24-17-10-6-9-16(18(17)25-2)19(22)21-13-20(23,15-11-12-15)14-7-4-3-5-8-14/h3-10,15,23H,11-13H2,1-2H3,(H,21,22). The fraction of sp³-hybridized carbons (Fsp3) is 0.350. The normalized spacial score (nSPS) is 16.0. The van der Waals surface area contributed by atoms with E-state index in [2.05, 4.69) is 5.32 Å². The van der Waals surface area contributed by atoms with E-state index in [9.17, 15) is 9.90 Å². The average Bonchev–Trinajstić information content (AvgIpc) is 3.51. The Bertz CT molecular complexity index is 743. The molecule has 1 fully saturated rings. The van der Waals surface area contributed by atoms with E-state index in [1.165, 1.54) is 14.2 Å². The van der Waals surface area contributed by atoms with Crippen LogP contribution in [0.4, 0.5) is 0 Å². The highest BCUT2D eigenvalue weighted by Crippen LogP contribution is 2.45. The Balaban J connectivity index is 1.79. The molecule has 2 aromatic carbocycles. The Kier molecular flexibility index (Phi) is 4.95. The summed E-state index contributed by atoms with van der Waals surface area (Å²) >= 11 is 0. The number of aliphatic hydroxyl groups is 1. The van der Waals surface area contributed by atoms with Crippen LogP contribution in [-0.4, -0.2) is 31.8 Å². The summed E-state index contributed by atoms with van der Waals surface area (Å²) in [6.07, 6.45) is 1.92. The molecule has 1 aliphatic carbocycles. The van der Waals surface area contributed by atoms with Gasteiger partial charge < -0.3 is 19.9 Å². The number of ether oxygens (including phenoxy) is 2. The lowest BCUT2D eigenvalue weighted by Gasteiger charge is -2.29. The molecule has 25 heavy (non-hydrogen) atoms. The van der Waals surface area contributed by atoms with Crippen molar-refractivity contribution in [1.29, 1.82) is 0 Å². The first-order valence-electron chi connectivity index (χ1n) is 8.37. The fourth-order valence-electron chi connectivity index (χ4n) is 3.15. The summed E-state index contributed by atoms with van der Waals surface area (Å²) in [6.45, 7) is 0.154. The zero-order valence-corrected chi connectivity index (χ0v) is 14.5. The highest BCUT2D eigenvalue weighted by molar-refractivity contribution is 5.97. The van der Waals surface area contributed by atoms with Gasteiger partial charge in [0.1, 0.15) is 5.60 Å². The van der Waals surface area contributed by atoms with E-state index in [0.29, 0.717) is 17.1 Å². The Morgan fingerprint density at radius 3 is 2.44 bits per heavy atom. The number of carbonyl (C=O) groups is 1. The van der Waals surface area contributed by atoms with Crippen LogP contribution in [-0.2, 0) is 5.60 Å². The number of nitrogens with one attached hydrogen (secondary N) is 1. The van der Waals surface area contributed by atoms with Gasteiger partial charge in [-0.3, -0.25) is 4.79 Å². The van der Waals surface area contributed by atoms with Crippen LogP contribution in [0.5, 0.6) is 11.5 Å². The third-order valence-corrected chi connectivity index (χ3v) is 4.69. The minimum absolute atomic E-state index is 0.154. The topological polar surface area (TPSA) is 67.8 Å². The fourth-order valence-corrected chi connectivity index (χ4v) is 3.15. The van der Waals surface area contributed by atoms with Crippen molar-refractivity contribution >= 4 is 5.91 Å². The lowest BCUT2D eigenvalue weighted by Crippen LogP contribution is -2.42. The van der Waals surface area contributed by atoms with Gasteiger partial charge in [0, 0.05) is 0 Å². The van der Waals surface area contributed by atoms with E-state index < -0.39 is 5.60 Å². The number of hydrogen-bond donors (Lipinski definition) is 2. The van der Waals surface area contributed by atoms with E-state index in [-0.39, 0.29) is 18.4 Å². The van der Waals surface area contributed by atoms with E-state index in [4.69, 9.17) is 9.47 Å². The number of hydrogen-bond acceptors (Lipinski definition) is 4. The summed E-state index contributed by atoms with van der Waals surface area (Å²) in [5.74, 6) is 0.751. The second-order valence-electron chi connectivity index (χ2n) is 6.29. The summed E-state index contributed by atoms with van der Waals surface area (Å²) in [5.41, 5.74) is 0.159. The van der Waals surface area contributed by atoms with Gasteiger partial charge >= 0.3 is 0 Å². The van der Waals surface area contributed by atoms with Crippen LogP contribution in [0.3, 0.4) is 0 Å². The molecule has 0 radical (unpaired) electrons. The van der Waals surface area contributed by atoms with Gasteiger partial charge in [-0.05, 0) is 36.5 Å². The quantitative estimate of drug-likeness (QED) is 0.813. The molecular weight excluding hydrogens is 318 g/mol. The van der Waals surface area contributed by atoms with Gasteiger partial charge in [-0.15, -0.1) is 0 Å². The zero-order chi connectivity index (χ0) is 17.9. The molecule has 1 saturated carbocycles. The maximum Gasteiger partial charge on any atom is 0.255 e. The number of para-hydroxylation sites is 1. The summed E-state index contributed by atoms with van der Waals surface area (Å²) < 4.78 is 10.6. The highest BCUT2D eigenvalue weighted by atomic mass is 16.5. The Morgan fingerprint density at radius 1 is 1.12 bits per heavy atom. The zero-order valence-electron chi connectivity index (χ0n) is 14.5.